The average molecular weight is 903 g/mol. The topological polar surface area (TPSA) is 95.9 Å². The average Bonchev–Trinajstić information content (AvgIpc) is 3.29. The second-order valence-corrected chi connectivity index (χ2v) is 19.6. The maximum absolute atomic E-state index is 12.5. The largest absolute Gasteiger partial charge is 0.466 e. The normalized spacial score (nSPS) is 12.8. The summed E-state index contributed by atoms with van der Waals surface area (Å²) in [5.74, 6) is -0.0407. The van der Waals surface area contributed by atoms with E-state index in [1.54, 1.807) is 0 Å². The molecule has 0 fully saturated rings. The van der Waals surface area contributed by atoms with E-state index in [0.29, 0.717) is 25.9 Å². The molecule has 2 unspecified atom stereocenters. The van der Waals surface area contributed by atoms with Crippen molar-refractivity contribution in [2.24, 2.45) is 0 Å². The van der Waals surface area contributed by atoms with Crippen LogP contribution in [0.1, 0.15) is 309 Å². The highest BCUT2D eigenvalue weighted by molar-refractivity contribution is 5.76. The highest BCUT2D eigenvalue weighted by Gasteiger charge is 2.20. The molecular formula is C58H111NO5. The van der Waals surface area contributed by atoms with Gasteiger partial charge in [-0.05, 0) is 51.4 Å². The Morgan fingerprint density at radius 3 is 1.25 bits per heavy atom. The molecule has 0 aromatic rings. The highest BCUT2D eigenvalue weighted by Crippen LogP contribution is 2.17. The Bertz CT molecular complexity index is 997. The summed E-state index contributed by atoms with van der Waals surface area (Å²) in [6.07, 6.45) is 64.5. The monoisotopic (exact) mass is 902 g/mol. The molecule has 0 bridgehead atoms. The van der Waals surface area contributed by atoms with E-state index >= 15 is 0 Å². The number of ether oxygens (including phenoxy) is 1. The Hall–Kier alpha value is -1.66. The second kappa shape index (κ2) is 54.0. The Kier molecular flexibility index (Phi) is 52.6. The first-order valence-corrected chi connectivity index (χ1v) is 28.6. The predicted octanol–water partition coefficient (Wildman–Crippen LogP) is 17.5. The SMILES string of the molecule is CCC/C=C\C/C=C\CCCCCCCC(=O)OCCCCCCCCCCCCCCCCCCCCCCC(=O)NC(CO)C(O)CCCCCCCCCCCCCCCC. The third kappa shape index (κ3) is 49.8. The van der Waals surface area contributed by atoms with Crippen LogP contribution in [-0.4, -0.2) is 47.4 Å². The van der Waals surface area contributed by atoms with E-state index in [1.165, 1.54) is 225 Å². The van der Waals surface area contributed by atoms with Gasteiger partial charge in [-0.3, -0.25) is 9.59 Å². The lowest BCUT2D eigenvalue weighted by molar-refractivity contribution is -0.143. The van der Waals surface area contributed by atoms with Crippen LogP contribution in [0.2, 0.25) is 0 Å². The molecule has 0 saturated heterocycles. The summed E-state index contributed by atoms with van der Waals surface area (Å²) >= 11 is 0. The smallest absolute Gasteiger partial charge is 0.305 e. The Morgan fingerprint density at radius 2 is 0.812 bits per heavy atom. The van der Waals surface area contributed by atoms with E-state index < -0.39 is 12.1 Å². The molecule has 0 rings (SSSR count). The van der Waals surface area contributed by atoms with Gasteiger partial charge in [-0.25, -0.2) is 0 Å². The number of allylic oxidation sites excluding steroid dienone is 4. The molecule has 0 aliphatic rings. The molecule has 378 valence electrons. The first-order valence-electron chi connectivity index (χ1n) is 28.6. The minimum absolute atomic E-state index is 0.00463. The summed E-state index contributed by atoms with van der Waals surface area (Å²) in [6, 6.07) is -0.542. The van der Waals surface area contributed by atoms with Crippen LogP contribution >= 0.6 is 0 Å². The molecule has 3 N–H and O–H groups in total. The maximum Gasteiger partial charge on any atom is 0.305 e. The third-order valence-electron chi connectivity index (χ3n) is 13.2. The van der Waals surface area contributed by atoms with Gasteiger partial charge < -0.3 is 20.3 Å². The Morgan fingerprint density at radius 1 is 0.438 bits per heavy atom. The number of aliphatic hydroxyl groups is 2. The number of amides is 1. The summed E-state index contributed by atoms with van der Waals surface area (Å²) in [6.45, 7) is 4.89. The van der Waals surface area contributed by atoms with Crippen molar-refractivity contribution < 1.29 is 24.5 Å². The van der Waals surface area contributed by atoms with Crippen LogP contribution in [0.15, 0.2) is 24.3 Å². The lowest BCUT2D eigenvalue weighted by atomic mass is 10.0. The molecule has 0 heterocycles. The van der Waals surface area contributed by atoms with Gasteiger partial charge in [0.25, 0.3) is 0 Å². The molecule has 2 atom stereocenters. The van der Waals surface area contributed by atoms with Crippen LogP contribution in [0.4, 0.5) is 0 Å². The molecular weight excluding hydrogens is 791 g/mol. The van der Waals surface area contributed by atoms with Crippen molar-refractivity contribution in [1.29, 1.82) is 0 Å². The van der Waals surface area contributed by atoms with Gasteiger partial charge in [-0.1, -0.05) is 269 Å². The molecule has 1 amide bonds. The van der Waals surface area contributed by atoms with Crippen LogP contribution in [0, 0.1) is 0 Å². The molecule has 0 radical (unpaired) electrons. The van der Waals surface area contributed by atoms with Crippen molar-refractivity contribution in [3.8, 4) is 0 Å². The molecule has 0 aliphatic carbocycles. The number of hydrogen-bond donors (Lipinski definition) is 3. The second-order valence-electron chi connectivity index (χ2n) is 19.6. The van der Waals surface area contributed by atoms with Crippen LogP contribution in [0.25, 0.3) is 0 Å². The zero-order chi connectivity index (χ0) is 46.5. The molecule has 0 aromatic carbocycles. The Labute approximate surface area is 399 Å². The summed E-state index contributed by atoms with van der Waals surface area (Å²) in [5, 5.41) is 23.3. The fraction of sp³-hybridized carbons (Fsp3) is 0.897. The van der Waals surface area contributed by atoms with E-state index in [2.05, 4.69) is 43.5 Å². The van der Waals surface area contributed by atoms with E-state index in [0.717, 1.165) is 51.4 Å². The number of aliphatic hydroxyl groups excluding tert-OH is 2. The quantitative estimate of drug-likeness (QED) is 0.0321. The minimum Gasteiger partial charge on any atom is -0.466 e. The van der Waals surface area contributed by atoms with Crippen molar-refractivity contribution in [2.75, 3.05) is 13.2 Å². The van der Waals surface area contributed by atoms with E-state index in [-0.39, 0.29) is 18.5 Å². The lowest BCUT2D eigenvalue weighted by Gasteiger charge is -2.22. The lowest BCUT2D eigenvalue weighted by Crippen LogP contribution is -2.45. The van der Waals surface area contributed by atoms with Crippen LogP contribution in [-0.2, 0) is 14.3 Å². The first kappa shape index (κ1) is 62.3. The maximum atomic E-state index is 12.5. The first-order chi connectivity index (χ1) is 31.5. The fourth-order valence-corrected chi connectivity index (χ4v) is 8.85. The fourth-order valence-electron chi connectivity index (χ4n) is 8.85. The number of carbonyl (C=O) groups excluding carboxylic acids is 2. The zero-order valence-electron chi connectivity index (χ0n) is 43.0. The van der Waals surface area contributed by atoms with Crippen LogP contribution < -0.4 is 5.32 Å². The van der Waals surface area contributed by atoms with Crippen molar-refractivity contribution in [1.82, 2.24) is 5.32 Å². The zero-order valence-corrected chi connectivity index (χ0v) is 43.0. The van der Waals surface area contributed by atoms with Crippen molar-refractivity contribution in [2.45, 2.75) is 321 Å². The van der Waals surface area contributed by atoms with Crippen molar-refractivity contribution in [3.63, 3.8) is 0 Å². The van der Waals surface area contributed by atoms with E-state index in [4.69, 9.17) is 4.74 Å². The standard InChI is InChI=1S/C58H111NO5/c1-3-5-7-9-11-13-15-17-27-30-34-38-42-46-50-56(61)55(54-60)59-57(62)51-47-43-39-35-31-28-24-22-20-18-19-21-23-25-29-33-37-41-45-49-53-64-58(63)52-48-44-40-36-32-26-16-14-12-10-8-6-4-2/h8,10,14,16,55-56,60-61H,3-7,9,11-13,15,17-54H2,1-2H3,(H,59,62)/b10-8-,16-14-. The van der Waals surface area contributed by atoms with Gasteiger partial charge in [0.1, 0.15) is 0 Å². The molecule has 0 aliphatic heterocycles. The van der Waals surface area contributed by atoms with Gasteiger partial charge >= 0.3 is 5.97 Å². The van der Waals surface area contributed by atoms with Gasteiger partial charge in [0.2, 0.25) is 5.91 Å². The van der Waals surface area contributed by atoms with Crippen molar-refractivity contribution in [3.05, 3.63) is 24.3 Å². The summed E-state index contributed by atoms with van der Waals surface area (Å²) in [4.78, 5) is 24.5. The molecule has 64 heavy (non-hydrogen) atoms. The summed E-state index contributed by atoms with van der Waals surface area (Å²) in [7, 11) is 0. The summed E-state index contributed by atoms with van der Waals surface area (Å²) < 4.78 is 5.46. The van der Waals surface area contributed by atoms with Gasteiger partial charge in [-0.15, -0.1) is 0 Å². The predicted molar refractivity (Wildman–Crippen MR) is 278 cm³/mol. The van der Waals surface area contributed by atoms with Gasteiger partial charge in [0.05, 0.1) is 25.4 Å². The van der Waals surface area contributed by atoms with E-state index in [9.17, 15) is 19.8 Å². The molecule has 0 spiro atoms. The summed E-state index contributed by atoms with van der Waals surface area (Å²) in [5.41, 5.74) is 0. The highest BCUT2D eigenvalue weighted by atomic mass is 16.5. The van der Waals surface area contributed by atoms with Gasteiger partial charge in [-0.2, -0.15) is 0 Å². The minimum atomic E-state index is -0.665. The number of esters is 1. The molecule has 6 nitrogen and oxygen atoms in total. The number of hydrogen-bond acceptors (Lipinski definition) is 5. The van der Waals surface area contributed by atoms with Gasteiger partial charge in [0, 0.05) is 12.8 Å². The molecule has 0 saturated carbocycles. The van der Waals surface area contributed by atoms with Crippen LogP contribution in [0.3, 0.4) is 0 Å². The number of carbonyl (C=O) groups is 2. The number of unbranched alkanes of at least 4 members (excludes halogenated alkanes) is 38. The third-order valence-corrected chi connectivity index (χ3v) is 13.2. The number of nitrogens with one attached hydrogen (secondary N) is 1. The Balaban J connectivity index is 3.39. The van der Waals surface area contributed by atoms with Gasteiger partial charge in [0.15, 0.2) is 0 Å². The van der Waals surface area contributed by atoms with Crippen LogP contribution in [0.5, 0.6) is 0 Å². The van der Waals surface area contributed by atoms with E-state index in [1.807, 2.05) is 0 Å². The number of rotatable bonds is 53. The molecule has 6 heteroatoms. The van der Waals surface area contributed by atoms with Crippen molar-refractivity contribution >= 4 is 11.9 Å². The molecule has 0 aromatic heterocycles.